The summed E-state index contributed by atoms with van der Waals surface area (Å²) in [5, 5.41) is 12.0. The van der Waals surface area contributed by atoms with Crippen molar-refractivity contribution in [2.75, 3.05) is 5.32 Å². The molecule has 1 unspecified atom stereocenters. The second kappa shape index (κ2) is 5.52. The predicted octanol–water partition coefficient (Wildman–Crippen LogP) is 3.37. The lowest BCUT2D eigenvalue weighted by atomic mass is 10.1. The second-order valence-electron chi connectivity index (χ2n) is 4.31. The molecule has 2 aromatic rings. The minimum absolute atomic E-state index is 0.191. The van der Waals surface area contributed by atoms with Gasteiger partial charge in [-0.1, -0.05) is 36.4 Å². The van der Waals surface area contributed by atoms with E-state index in [0.29, 0.717) is 5.56 Å². The lowest BCUT2D eigenvalue weighted by Crippen LogP contribution is -2.21. The van der Waals surface area contributed by atoms with E-state index >= 15 is 0 Å². The van der Waals surface area contributed by atoms with Crippen molar-refractivity contribution in [3.63, 3.8) is 0 Å². The molecule has 0 radical (unpaired) electrons. The van der Waals surface area contributed by atoms with E-state index in [9.17, 15) is 14.3 Å². The van der Waals surface area contributed by atoms with Crippen LogP contribution in [-0.2, 0) is 4.79 Å². The first-order valence-electron chi connectivity index (χ1n) is 5.88. The largest absolute Gasteiger partial charge is 0.479 e. The van der Waals surface area contributed by atoms with Gasteiger partial charge in [0.05, 0.1) is 5.69 Å². The number of carboxylic acid groups (broad SMARTS) is 1. The SMILES string of the molecule is Cc1ccc(F)c(NC(C(=O)O)c2ccccc2)c1. The lowest BCUT2D eigenvalue weighted by Gasteiger charge is -2.17. The summed E-state index contributed by atoms with van der Waals surface area (Å²) < 4.78 is 13.7. The van der Waals surface area contributed by atoms with Crippen LogP contribution in [-0.4, -0.2) is 11.1 Å². The van der Waals surface area contributed by atoms with Gasteiger partial charge in [0.15, 0.2) is 6.04 Å². The van der Waals surface area contributed by atoms with Gasteiger partial charge in [-0.3, -0.25) is 0 Å². The monoisotopic (exact) mass is 259 g/mol. The molecule has 19 heavy (non-hydrogen) atoms. The number of benzene rings is 2. The average Bonchev–Trinajstić information content (AvgIpc) is 2.40. The van der Waals surface area contributed by atoms with Gasteiger partial charge in [0.25, 0.3) is 0 Å². The van der Waals surface area contributed by atoms with Crippen LogP contribution < -0.4 is 5.32 Å². The molecule has 3 nitrogen and oxygen atoms in total. The highest BCUT2D eigenvalue weighted by Crippen LogP contribution is 2.23. The summed E-state index contributed by atoms with van der Waals surface area (Å²) in [4.78, 5) is 11.3. The molecule has 4 heteroatoms. The first-order chi connectivity index (χ1) is 9.08. The average molecular weight is 259 g/mol. The maximum atomic E-state index is 13.7. The van der Waals surface area contributed by atoms with Gasteiger partial charge in [0.2, 0.25) is 0 Å². The summed E-state index contributed by atoms with van der Waals surface area (Å²) in [5.41, 5.74) is 1.63. The van der Waals surface area contributed by atoms with Crippen molar-refractivity contribution >= 4 is 11.7 Å². The van der Waals surface area contributed by atoms with E-state index in [2.05, 4.69) is 5.32 Å². The fraction of sp³-hybridized carbons (Fsp3) is 0.133. The molecular weight excluding hydrogens is 245 g/mol. The van der Waals surface area contributed by atoms with Gasteiger partial charge in [-0.15, -0.1) is 0 Å². The van der Waals surface area contributed by atoms with Crippen LogP contribution in [0.3, 0.4) is 0 Å². The Morgan fingerprint density at radius 2 is 1.89 bits per heavy atom. The highest BCUT2D eigenvalue weighted by atomic mass is 19.1. The van der Waals surface area contributed by atoms with Crippen LogP contribution in [0.5, 0.6) is 0 Å². The van der Waals surface area contributed by atoms with Crippen molar-refractivity contribution in [1.82, 2.24) is 0 Å². The van der Waals surface area contributed by atoms with E-state index in [4.69, 9.17) is 0 Å². The number of carbonyl (C=O) groups is 1. The van der Waals surface area contributed by atoms with Gasteiger partial charge in [0, 0.05) is 0 Å². The van der Waals surface area contributed by atoms with Crippen molar-refractivity contribution in [2.45, 2.75) is 13.0 Å². The standard InChI is InChI=1S/C15H14FNO2/c1-10-7-8-12(16)13(9-10)17-14(15(18)19)11-5-3-2-4-6-11/h2-9,14,17H,1H3,(H,18,19). The summed E-state index contributed by atoms with van der Waals surface area (Å²) >= 11 is 0. The van der Waals surface area contributed by atoms with Crippen LogP contribution in [0.2, 0.25) is 0 Å². The number of anilines is 1. The zero-order chi connectivity index (χ0) is 13.8. The molecular formula is C15H14FNO2. The molecule has 2 N–H and O–H groups in total. The molecule has 0 spiro atoms. The zero-order valence-corrected chi connectivity index (χ0v) is 10.4. The van der Waals surface area contributed by atoms with Crippen LogP contribution >= 0.6 is 0 Å². The van der Waals surface area contributed by atoms with Crippen LogP contribution in [0.25, 0.3) is 0 Å². The summed E-state index contributed by atoms with van der Waals surface area (Å²) in [6.07, 6.45) is 0. The van der Waals surface area contributed by atoms with Crippen molar-refractivity contribution in [1.29, 1.82) is 0 Å². The Hall–Kier alpha value is -2.36. The molecule has 0 amide bonds. The van der Waals surface area contributed by atoms with Gasteiger partial charge >= 0.3 is 5.97 Å². The van der Waals surface area contributed by atoms with Gasteiger partial charge in [-0.05, 0) is 30.2 Å². The molecule has 2 aromatic carbocycles. The van der Waals surface area contributed by atoms with E-state index in [0.717, 1.165) is 5.56 Å². The molecule has 0 aliphatic heterocycles. The Morgan fingerprint density at radius 1 is 1.21 bits per heavy atom. The normalized spacial score (nSPS) is 11.9. The van der Waals surface area contributed by atoms with E-state index in [1.165, 1.54) is 6.07 Å². The molecule has 0 aliphatic rings. The maximum absolute atomic E-state index is 13.7. The maximum Gasteiger partial charge on any atom is 0.330 e. The quantitative estimate of drug-likeness (QED) is 0.885. The third-order valence-electron chi connectivity index (χ3n) is 2.80. The molecule has 0 heterocycles. The predicted molar refractivity (Wildman–Crippen MR) is 71.6 cm³/mol. The van der Waals surface area contributed by atoms with Crippen molar-refractivity contribution in [3.05, 3.63) is 65.5 Å². The highest BCUT2D eigenvalue weighted by molar-refractivity contribution is 5.79. The Kier molecular flexibility index (Phi) is 3.80. The molecule has 0 saturated heterocycles. The number of rotatable bonds is 4. The van der Waals surface area contributed by atoms with Gasteiger partial charge in [0.1, 0.15) is 5.82 Å². The number of carboxylic acids is 1. The molecule has 0 fully saturated rings. The van der Waals surface area contributed by atoms with Crippen LogP contribution in [0.1, 0.15) is 17.2 Å². The molecule has 0 bridgehead atoms. The minimum atomic E-state index is -1.05. The fourth-order valence-electron chi connectivity index (χ4n) is 1.84. The molecule has 0 aliphatic carbocycles. The van der Waals surface area contributed by atoms with E-state index < -0.39 is 17.8 Å². The number of aryl methyl sites for hydroxylation is 1. The zero-order valence-electron chi connectivity index (χ0n) is 10.4. The van der Waals surface area contributed by atoms with Crippen molar-refractivity contribution < 1.29 is 14.3 Å². The van der Waals surface area contributed by atoms with E-state index in [1.807, 2.05) is 6.92 Å². The molecule has 1 atom stereocenters. The molecule has 98 valence electrons. The minimum Gasteiger partial charge on any atom is -0.479 e. The Labute approximate surface area is 110 Å². The van der Waals surface area contributed by atoms with Gasteiger partial charge in [-0.25, -0.2) is 9.18 Å². The fourth-order valence-corrected chi connectivity index (χ4v) is 1.84. The van der Waals surface area contributed by atoms with Crippen molar-refractivity contribution in [2.24, 2.45) is 0 Å². The first kappa shape index (κ1) is 13.1. The number of aliphatic carboxylic acids is 1. The Bertz CT molecular complexity index is 584. The number of hydrogen-bond donors (Lipinski definition) is 2. The first-order valence-corrected chi connectivity index (χ1v) is 5.88. The number of hydrogen-bond acceptors (Lipinski definition) is 2. The third-order valence-corrected chi connectivity index (χ3v) is 2.80. The summed E-state index contributed by atoms with van der Waals surface area (Å²) in [7, 11) is 0. The van der Waals surface area contributed by atoms with E-state index in [1.54, 1.807) is 42.5 Å². The Balaban J connectivity index is 2.32. The second-order valence-corrected chi connectivity index (χ2v) is 4.31. The third kappa shape index (κ3) is 3.10. The molecule has 0 saturated carbocycles. The van der Waals surface area contributed by atoms with Crippen LogP contribution in [0.15, 0.2) is 48.5 Å². The van der Waals surface area contributed by atoms with Gasteiger partial charge in [-0.2, -0.15) is 0 Å². The summed E-state index contributed by atoms with van der Waals surface area (Å²) in [6, 6.07) is 12.3. The van der Waals surface area contributed by atoms with Crippen molar-refractivity contribution in [3.8, 4) is 0 Å². The molecule has 0 aromatic heterocycles. The Morgan fingerprint density at radius 3 is 2.53 bits per heavy atom. The lowest BCUT2D eigenvalue weighted by molar-refractivity contribution is -0.138. The van der Waals surface area contributed by atoms with Crippen LogP contribution in [0.4, 0.5) is 10.1 Å². The van der Waals surface area contributed by atoms with E-state index in [-0.39, 0.29) is 5.69 Å². The number of nitrogens with one attached hydrogen (secondary N) is 1. The highest BCUT2D eigenvalue weighted by Gasteiger charge is 2.20. The smallest absolute Gasteiger partial charge is 0.330 e. The summed E-state index contributed by atoms with van der Waals surface area (Å²) in [5.74, 6) is -1.51. The summed E-state index contributed by atoms with van der Waals surface area (Å²) in [6.45, 7) is 1.82. The number of halogens is 1. The van der Waals surface area contributed by atoms with Gasteiger partial charge < -0.3 is 10.4 Å². The van der Waals surface area contributed by atoms with Crippen LogP contribution in [0, 0.1) is 12.7 Å². The molecule has 2 rings (SSSR count). The topological polar surface area (TPSA) is 49.3 Å².